The Labute approximate surface area is 154 Å². The maximum atomic E-state index is 13.3. The van der Waals surface area contributed by atoms with Crippen LogP contribution < -0.4 is 5.63 Å². The van der Waals surface area contributed by atoms with Gasteiger partial charge in [-0.3, -0.25) is 0 Å². The molecule has 0 aliphatic heterocycles. The van der Waals surface area contributed by atoms with Crippen LogP contribution in [0.25, 0.3) is 22.5 Å². The number of rotatable bonds is 6. The minimum atomic E-state index is -3.66. The number of hydrogen-bond donors (Lipinski definition) is 0. The minimum absolute atomic E-state index is 0.0829. The van der Waals surface area contributed by atoms with Gasteiger partial charge in [0.1, 0.15) is 11.5 Å². The average molecular weight is 393 g/mol. The third kappa shape index (κ3) is 3.96. The van der Waals surface area contributed by atoms with Crippen molar-refractivity contribution in [1.82, 2.24) is 14.7 Å². The van der Waals surface area contributed by atoms with E-state index in [0.29, 0.717) is 12.2 Å². The molecule has 142 valence electrons. The average Bonchev–Trinajstić information content (AvgIpc) is 2.96. The van der Waals surface area contributed by atoms with Gasteiger partial charge in [0.05, 0.1) is 11.3 Å². The van der Waals surface area contributed by atoms with Crippen molar-refractivity contribution in [1.29, 1.82) is 0 Å². The van der Waals surface area contributed by atoms with Gasteiger partial charge in [0.2, 0.25) is 15.0 Å². The number of sulfone groups is 1. The van der Waals surface area contributed by atoms with Crippen LogP contribution in [-0.2, 0) is 21.3 Å². The quantitative estimate of drug-likeness (QED) is 0.591. The van der Waals surface area contributed by atoms with E-state index in [1.54, 1.807) is 6.92 Å². The summed E-state index contributed by atoms with van der Waals surface area (Å²) < 4.78 is 48.6. The highest BCUT2D eigenvalue weighted by Crippen LogP contribution is 2.29. The van der Waals surface area contributed by atoms with Crippen LogP contribution in [0.15, 0.2) is 51.0 Å². The highest BCUT2D eigenvalue weighted by molar-refractivity contribution is 7.90. The van der Waals surface area contributed by atoms with Crippen LogP contribution in [0.3, 0.4) is 0 Å². The molecule has 0 amide bonds. The molecule has 2 heterocycles. The Morgan fingerprint density at radius 2 is 1.93 bits per heavy atom. The van der Waals surface area contributed by atoms with Gasteiger partial charge in [0.15, 0.2) is 6.73 Å². The van der Waals surface area contributed by atoms with Gasteiger partial charge in [-0.15, -0.1) is 0 Å². The molecule has 0 spiro atoms. The normalized spacial score (nSPS) is 11.7. The first-order chi connectivity index (χ1) is 12.8. The van der Waals surface area contributed by atoms with E-state index in [1.165, 1.54) is 41.3 Å². The van der Waals surface area contributed by atoms with Crippen molar-refractivity contribution < 1.29 is 22.1 Å². The van der Waals surface area contributed by atoms with Crippen LogP contribution in [-0.4, -0.2) is 36.0 Å². The van der Waals surface area contributed by atoms with Gasteiger partial charge in [-0.05, 0) is 30.7 Å². The van der Waals surface area contributed by atoms with Gasteiger partial charge in [-0.2, -0.15) is 4.74 Å². The molecule has 0 aliphatic carbocycles. The minimum Gasteiger partial charge on any atom is -0.358 e. The van der Waals surface area contributed by atoms with Crippen LogP contribution in [0.4, 0.5) is 4.39 Å². The number of benzene rings is 1. The molecule has 0 N–H and O–H groups in total. The first-order valence-electron chi connectivity index (χ1n) is 7.92. The topological polar surface area (TPSA) is 104 Å². The molecule has 0 radical (unpaired) electrons. The summed E-state index contributed by atoms with van der Waals surface area (Å²) in [7, 11) is -3.66. The number of hydrogen-bond acceptors (Lipinski definition) is 7. The van der Waals surface area contributed by atoms with Gasteiger partial charge < -0.3 is 9.26 Å². The van der Waals surface area contributed by atoms with E-state index in [2.05, 4.69) is 9.97 Å². The molecule has 0 bridgehead atoms. The van der Waals surface area contributed by atoms with Crippen molar-refractivity contribution >= 4 is 9.84 Å². The van der Waals surface area contributed by atoms with E-state index >= 15 is 0 Å². The van der Waals surface area contributed by atoms with Crippen LogP contribution >= 0.6 is 0 Å². The summed E-state index contributed by atoms with van der Waals surface area (Å²) >= 11 is 0. The van der Waals surface area contributed by atoms with E-state index in [4.69, 9.17) is 9.26 Å². The summed E-state index contributed by atoms with van der Waals surface area (Å²) in [5.41, 5.74) is 0.210. The molecule has 0 atom stereocenters. The molecule has 10 heteroatoms. The number of halogens is 1. The van der Waals surface area contributed by atoms with Crippen molar-refractivity contribution in [3.63, 3.8) is 0 Å². The Hall–Kier alpha value is -2.85. The molecule has 0 saturated heterocycles. The first kappa shape index (κ1) is 18.9. The van der Waals surface area contributed by atoms with E-state index < -0.39 is 21.3 Å². The summed E-state index contributed by atoms with van der Waals surface area (Å²) in [6.07, 6.45) is 2.26. The van der Waals surface area contributed by atoms with Gasteiger partial charge in [0, 0.05) is 19.1 Å². The Morgan fingerprint density at radius 3 is 2.56 bits per heavy atom. The van der Waals surface area contributed by atoms with Crippen molar-refractivity contribution in [2.75, 3.05) is 12.9 Å². The lowest BCUT2D eigenvalue weighted by molar-refractivity contribution is 0.0314. The molecular weight excluding hydrogens is 377 g/mol. The lowest BCUT2D eigenvalue weighted by Crippen LogP contribution is -2.07. The van der Waals surface area contributed by atoms with E-state index in [0.717, 1.165) is 6.26 Å². The third-order valence-corrected chi connectivity index (χ3v) is 4.50. The Bertz CT molecular complexity index is 1120. The third-order valence-electron chi connectivity index (χ3n) is 3.64. The zero-order valence-electron chi connectivity index (χ0n) is 14.5. The summed E-state index contributed by atoms with van der Waals surface area (Å²) in [4.78, 5) is 20.3. The highest BCUT2D eigenvalue weighted by Gasteiger charge is 2.23. The zero-order chi connectivity index (χ0) is 19.6. The van der Waals surface area contributed by atoms with Crippen molar-refractivity contribution in [2.45, 2.75) is 18.8 Å². The Morgan fingerprint density at radius 1 is 1.22 bits per heavy atom. The molecule has 0 aliphatic rings. The molecular formula is C17H16FN3O5S. The Kier molecular flexibility index (Phi) is 5.19. The summed E-state index contributed by atoms with van der Waals surface area (Å²) in [6.45, 7) is 2.06. The first-order valence-corrected chi connectivity index (χ1v) is 9.81. The molecule has 2 aromatic heterocycles. The molecule has 27 heavy (non-hydrogen) atoms. The van der Waals surface area contributed by atoms with E-state index in [1.807, 2.05) is 0 Å². The zero-order valence-corrected chi connectivity index (χ0v) is 15.4. The van der Waals surface area contributed by atoms with Crippen molar-refractivity contribution in [2.24, 2.45) is 0 Å². The van der Waals surface area contributed by atoms with Crippen LogP contribution in [0.5, 0.6) is 0 Å². The molecule has 0 saturated carbocycles. The smallest absolute Gasteiger partial charge is 0.358 e. The second kappa shape index (κ2) is 7.41. The number of ether oxygens (including phenoxy) is 1. The standard InChI is InChI=1S/C17H16FN3O5S/c1-3-25-10-21-15(13-8-9-19-17(20-13)27(2,23)24)14(16(22)26-21)11-4-6-12(18)7-5-11/h4-9H,3,10H2,1-2H3. The number of nitrogens with zero attached hydrogens (tertiary/aromatic N) is 3. The second-order valence-corrected chi connectivity index (χ2v) is 7.52. The molecule has 3 rings (SSSR count). The van der Waals surface area contributed by atoms with Gasteiger partial charge in [-0.25, -0.2) is 27.6 Å². The molecule has 3 aromatic rings. The highest BCUT2D eigenvalue weighted by atomic mass is 32.2. The fourth-order valence-electron chi connectivity index (χ4n) is 2.46. The van der Waals surface area contributed by atoms with Gasteiger partial charge >= 0.3 is 5.63 Å². The molecule has 0 unspecified atom stereocenters. The van der Waals surface area contributed by atoms with Crippen LogP contribution in [0, 0.1) is 5.82 Å². The van der Waals surface area contributed by atoms with Gasteiger partial charge in [-0.1, -0.05) is 12.1 Å². The Balaban J connectivity index is 2.26. The maximum Gasteiger partial charge on any atom is 0.366 e. The largest absolute Gasteiger partial charge is 0.366 e. The van der Waals surface area contributed by atoms with Gasteiger partial charge in [0.25, 0.3) is 0 Å². The summed E-state index contributed by atoms with van der Waals surface area (Å²) in [6, 6.07) is 6.72. The fourth-order valence-corrected chi connectivity index (χ4v) is 2.97. The van der Waals surface area contributed by atoms with Crippen molar-refractivity contribution in [3.05, 3.63) is 52.8 Å². The summed E-state index contributed by atoms with van der Waals surface area (Å²) in [5.74, 6) is -0.458. The lowest BCUT2D eigenvalue weighted by Gasteiger charge is -2.08. The fraction of sp³-hybridized carbons (Fsp3) is 0.235. The van der Waals surface area contributed by atoms with Crippen molar-refractivity contribution in [3.8, 4) is 22.5 Å². The predicted octanol–water partition coefficient (Wildman–Crippen LogP) is 2.10. The van der Waals surface area contributed by atoms with E-state index in [-0.39, 0.29) is 28.8 Å². The van der Waals surface area contributed by atoms with Crippen LogP contribution in [0.2, 0.25) is 0 Å². The molecule has 1 aromatic carbocycles. The van der Waals surface area contributed by atoms with Crippen LogP contribution in [0.1, 0.15) is 6.92 Å². The maximum absolute atomic E-state index is 13.3. The molecule has 8 nitrogen and oxygen atoms in total. The second-order valence-electron chi connectivity index (χ2n) is 5.61. The lowest BCUT2D eigenvalue weighted by atomic mass is 10.0. The SMILES string of the molecule is CCOCn1oc(=O)c(-c2ccc(F)cc2)c1-c1ccnc(S(C)(=O)=O)n1. The molecule has 0 fully saturated rings. The summed E-state index contributed by atoms with van der Waals surface area (Å²) in [5, 5.41) is -0.387. The van der Waals surface area contributed by atoms with E-state index in [9.17, 15) is 17.6 Å². The number of aromatic nitrogens is 3. The predicted molar refractivity (Wildman–Crippen MR) is 94.1 cm³/mol. The monoisotopic (exact) mass is 393 g/mol.